The Morgan fingerprint density at radius 1 is 1.44 bits per heavy atom. The third-order valence-corrected chi connectivity index (χ3v) is 3.25. The highest BCUT2D eigenvalue weighted by molar-refractivity contribution is 6.33. The molecule has 0 aromatic heterocycles. The van der Waals surface area contributed by atoms with E-state index in [0.717, 1.165) is 6.07 Å². The van der Waals surface area contributed by atoms with Gasteiger partial charge >= 0.3 is 0 Å². The fourth-order valence-corrected chi connectivity index (χ4v) is 2.10. The highest BCUT2D eigenvalue weighted by atomic mass is 35.5. The maximum Gasteiger partial charge on any atom is 0.253 e. The van der Waals surface area contributed by atoms with Gasteiger partial charge in [-0.05, 0) is 30.5 Å². The molecular weight excluding hydrogens is 276 g/mol. The number of halogens is 3. The number of carbonyl (C=O) groups excluding carboxylic acids is 1. The zero-order valence-corrected chi connectivity index (χ0v) is 11.9. The molecule has 2 nitrogen and oxygen atoms in total. The van der Waals surface area contributed by atoms with Crippen molar-refractivity contribution in [1.29, 1.82) is 0 Å². The molecule has 0 aliphatic heterocycles. The fourth-order valence-electron chi connectivity index (χ4n) is 1.61. The van der Waals surface area contributed by atoms with E-state index >= 15 is 0 Å². The van der Waals surface area contributed by atoms with E-state index in [1.807, 2.05) is 13.8 Å². The summed E-state index contributed by atoms with van der Waals surface area (Å²) in [5.41, 5.74) is 0.276. The molecule has 1 amide bonds. The molecule has 0 aliphatic rings. The average Bonchev–Trinajstić information content (AvgIpc) is 2.27. The lowest BCUT2D eigenvalue weighted by atomic mass is 10.0. The number of hydrogen-bond acceptors (Lipinski definition) is 1. The first-order valence-corrected chi connectivity index (χ1v) is 6.68. The van der Waals surface area contributed by atoms with Gasteiger partial charge in [0.15, 0.2) is 0 Å². The van der Waals surface area contributed by atoms with Crippen molar-refractivity contribution in [3.05, 3.63) is 34.6 Å². The topological polar surface area (TPSA) is 29.1 Å². The van der Waals surface area contributed by atoms with Crippen molar-refractivity contribution in [3.63, 3.8) is 0 Å². The summed E-state index contributed by atoms with van der Waals surface area (Å²) in [5, 5.41) is 2.98. The second-order valence-electron chi connectivity index (χ2n) is 4.43. The summed E-state index contributed by atoms with van der Waals surface area (Å²) in [6, 6.07) is 3.70. The van der Waals surface area contributed by atoms with Gasteiger partial charge in [0.2, 0.25) is 0 Å². The van der Waals surface area contributed by atoms with Crippen LogP contribution in [-0.2, 0) is 0 Å². The van der Waals surface area contributed by atoms with E-state index in [0.29, 0.717) is 12.3 Å². The molecule has 1 aromatic carbocycles. The third-order valence-electron chi connectivity index (χ3n) is 2.72. The normalized spacial score (nSPS) is 12.6. The van der Waals surface area contributed by atoms with Crippen LogP contribution >= 0.6 is 23.2 Å². The molecule has 1 unspecified atom stereocenters. The summed E-state index contributed by atoms with van der Waals surface area (Å²) in [4.78, 5) is 12.0. The Morgan fingerprint density at radius 3 is 2.61 bits per heavy atom. The van der Waals surface area contributed by atoms with Crippen LogP contribution in [0, 0.1) is 11.7 Å². The molecule has 0 heterocycles. The summed E-state index contributed by atoms with van der Waals surface area (Å²) in [6.45, 7) is 4.01. The Hall–Kier alpha value is -0.800. The lowest BCUT2D eigenvalue weighted by Gasteiger charge is -2.21. The van der Waals surface area contributed by atoms with Crippen molar-refractivity contribution < 1.29 is 9.18 Å². The van der Waals surface area contributed by atoms with Crippen LogP contribution in [0.3, 0.4) is 0 Å². The molecule has 18 heavy (non-hydrogen) atoms. The van der Waals surface area contributed by atoms with Gasteiger partial charge in [0.05, 0.1) is 10.6 Å². The molecule has 1 N–H and O–H groups in total. The van der Waals surface area contributed by atoms with Crippen LogP contribution in [0.25, 0.3) is 0 Å². The second-order valence-corrected chi connectivity index (χ2v) is 5.21. The van der Waals surface area contributed by atoms with Crippen LogP contribution in [0.5, 0.6) is 0 Å². The molecule has 100 valence electrons. The van der Waals surface area contributed by atoms with E-state index in [2.05, 4.69) is 5.32 Å². The van der Waals surface area contributed by atoms with Crippen molar-refractivity contribution in [2.45, 2.75) is 26.3 Å². The maximum absolute atomic E-state index is 12.9. The van der Waals surface area contributed by atoms with E-state index in [1.54, 1.807) is 0 Å². The zero-order chi connectivity index (χ0) is 13.7. The fraction of sp³-hybridized carbons (Fsp3) is 0.462. The number of amides is 1. The quantitative estimate of drug-likeness (QED) is 0.820. The summed E-state index contributed by atoms with van der Waals surface area (Å²) in [7, 11) is 0. The number of alkyl halides is 1. The van der Waals surface area contributed by atoms with E-state index in [1.165, 1.54) is 12.1 Å². The largest absolute Gasteiger partial charge is 0.349 e. The Bertz CT molecular complexity index is 423. The molecule has 0 radical (unpaired) electrons. The smallest absolute Gasteiger partial charge is 0.253 e. The van der Waals surface area contributed by atoms with Gasteiger partial charge in [0.1, 0.15) is 5.82 Å². The zero-order valence-electron chi connectivity index (χ0n) is 10.3. The number of benzene rings is 1. The van der Waals surface area contributed by atoms with Gasteiger partial charge in [-0.15, -0.1) is 11.6 Å². The van der Waals surface area contributed by atoms with Gasteiger partial charge in [-0.3, -0.25) is 4.79 Å². The first-order chi connectivity index (χ1) is 8.45. The molecule has 0 spiro atoms. The van der Waals surface area contributed by atoms with Crippen molar-refractivity contribution in [3.8, 4) is 0 Å². The van der Waals surface area contributed by atoms with Gasteiger partial charge in [-0.25, -0.2) is 4.39 Å². The first kappa shape index (κ1) is 15.3. The van der Waals surface area contributed by atoms with E-state index < -0.39 is 5.82 Å². The van der Waals surface area contributed by atoms with Crippen molar-refractivity contribution >= 4 is 29.1 Å². The predicted molar refractivity (Wildman–Crippen MR) is 72.8 cm³/mol. The van der Waals surface area contributed by atoms with Crippen LogP contribution < -0.4 is 5.32 Å². The van der Waals surface area contributed by atoms with Gasteiger partial charge in [0.25, 0.3) is 5.91 Å². The molecule has 1 atom stereocenters. The van der Waals surface area contributed by atoms with Gasteiger partial charge in [-0.2, -0.15) is 0 Å². The molecular formula is C13H16Cl2FNO. The van der Waals surface area contributed by atoms with Crippen molar-refractivity contribution in [2.75, 3.05) is 5.88 Å². The van der Waals surface area contributed by atoms with E-state index in [-0.39, 0.29) is 28.5 Å². The minimum atomic E-state index is -0.460. The lowest BCUT2D eigenvalue weighted by molar-refractivity contribution is 0.0925. The monoisotopic (exact) mass is 291 g/mol. The number of hydrogen-bond donors (Lipinski definition) is 1. The van der Waals surface area contributed by atoms with Crippen LogP contribution in [0.4, 0.5) is 4.39 Å². The maximum atomic E-state index is 12.9. The molecule has 0 saturated carbocycles. The summed E-state index contributed by atoms with van der Waals surface area (Å²) in [6.07, 6.45) is 0.684. The highest BCUT2D eigenvalue weighted by Crippen LogP contribution is 2.18. The van der Waals surface area contributed by atoms with Crippen molar-refractivity contribution in [2.24, 2.45) is 5.92 Å². The van der Waals surface area contributed by atoms with Crippen molar-refractivity contribution in [1.82, 2.24) is 5.32 Å². The van der Waals surface area contributed by atoms with Gasteiger partial charge in [0, 0.05) is 11.9 Å². The van der Waals surface area contributed by atoms with Gasteiger partial charge in [-0.1, -0.05) is 25.4 Å². The van der Waals surface area contributed by atoms with Crippen LogP contribution in [0.2, 0.25) is 5.02 Å². The molecule has 0 fully saturated rings. The third kappa shape index (κ3) is 4.14. The molecule has 0 bridgehead atoms. The lowest BCUT2D eigenvalue weighted by Crippen LogP contribution is -2.39. The Labute approximate surface area is 116 Å². The Kier molecular flexibility index (Phi) is 5.89. The number of rotatable bonds is 5. The molecule has 0 saturated heterocycles. The average molecular weight is 292 g/mol. The minimum Gasteiger partial charge on any atom is -0.349 e. The SMILES string of the molecule is CC(C)C(CCCl)NC(=O)c1ccc(F)cc1Cl. The van der Waals surface area contributed by atoms with E-state index in [4.69, 9.17) is 23.2 Å². The first-order valence-electron chi connectivity index (χ1n) is 5.77. The molecule has 0 aliphatic carbocycles. The summed E-state index contributed by atoms with van der Waals surface area (Å²) < 4.78 is 12.9. The molecule has 1 rings (SSSR count). The molecule has 1 aromatic rings. The minimum absolute atomic E-state index is 0.0175. The summed E-state index contributed by atoms with van der Waals surface area (Å²) >= 11 is 11.5. The van der Waals surface area contributed by atoms with E-state index in [9.17, 15) is 9.18 Å². The van der Waals surface area contributed by atoms with Crippen LogP contribution in [-0.4, -0.2) is 17.8 Å². The van der Waals surface area contributed by atoms with Crippen LogP contribution in [0.1, 0.15) is 30.6 Å². The standard InChI is InChI=1S/C13H16Cl2FNO/c1-8(2)12(5-6-14)17-13(18)10-4-3-9(16)7-11(10)15/h3-4,7-8,12H,5-6H2,1-2H3,(H,17,18). The van der Waals surface area contributed by atoms with Gasteiger partial charge < -0.3 is 5.32 Å². The second kappa shape index (κ2) is 6.95. The summed E-state index contributed by atoms with van der Waals surface area (Å²) in [5.74, 6) is -0.0197. The molecule has 5 heteroatoms. The number of carbonyl (C=O) groups is 1. The number of nitrogens with one attached hydrogen (secondary N) is 1. The Balaban J connectivity index is 2.80. The highest BCUT2D eigenvalue weighted by Gasteiger charge is 2.18. The Morgan fingerprint density at radius 2 is 2.11 bits per heavy atom. The van der Waals surface area contributed by atoms with Crippen LogP contribution in [0.15, 0.2) is 18.2 Å². The predicted octanol–water partition coefficient (Wildman–Crippen LogP) is 3.86.